The Labute approximate surface area is 132 Å². The van der Waals surface area contributed by atoms with Crippen molar-refractivity contribution in [3.05, 3.63) is 28.8 Å². The maximum Gasteiger partial charge on any atom is 0.242 e. The predicted molar refractivity (Wildman–Crippen MR) is 87.6 cm³/mol. The van der Waals surface area contributed by atoms with Gasteiger partial charge in [-0.25, -0.2) is 0 Å². The second-order valence-electron chi connectivity index (χ2n) is 5.86. The first kappa shape index (κ1) is 17.8. The Morgan fingerprint density at radius 3 is 2.52 bits per heavy atom. The van der Waals surface area contributed by atoms with Gasteiger partial charge < -0.3 is 15.3 Å². The highest BCUT2D eigenvalue weighted by atomic mass is 35.5. The molecule has 1 aromatic carbocycles. The molecule has 0 fully saturated rings. The minimum Gasteiger partial charge on any atom is -0.392 e. The summed E-state index contributed by atoms with van der Waals surface area (Å²) in [7, 11) is 0. The summed E-state index contributed by atoms with van der Waals surface area (Å²) in [4.78, 5) is 14.2. The van der Waals surface area contributed by atoms with E-state index in [9.17, 15) is 4.79 Å². The largest absolute Gasteiger partial charge is 0.392 e. The molecule has 0 atom stereocenters. The van der Waals surface area contributed by atoms with Crippen molar-refractivity contribution in [1.82, 2.24) is 4.90 Å². The van der Waals surface area contributed by atoms with Crippen molar-refractivity contribution in [1.29, 1.82) is 0 Å². The van der Waals surface area contributed by atoms with E-state index in [1.165, 1.54) is 0 Å². The molecule has 4 nitrogen and oxygen atoms in total. The van der Waals surface area contributed by atoms with E-state index in [4.69, 9.17) is 16.7 Å². The van der Waals surface area contributed by atoms with Crippen molar-refractivity contribution in [2.24, 2.45) is 5.92 Å². The molecule has 1 aromatic rings. The lowest BCUT2D eigenvalue weighted by molar-refractivity contribution is -0.131. The second kappa shape index (κ2) is 8.25. The number of nitrogens with one attached hydrogen (secondary N) is 1. The van der Waals surface area contributed by atoms with Crippen LogP contribution in [0, 0.1) is 5.92 Å². The number of benzene rings is 1. The van der Waals surface area contributed by atoms with Crippen molar-refractivity contribution >= 4 is 23.2 Å². The first-order valence-electron chi connectivity index (χ1n) is 7.27. The summed E-state index contributed by atoms with van der Waals surface area (Å²) in [5.41, 5.74) is 1.43. The Bertz CT molecular complexity index is 475. The van der Waals surface area contributed by atoms with Gasteiger partial charge in [0, 0.05) is 12.6 Å². The van der Waals surface area contributed by atoms with E-state index in [1.807, 2.05) is 18.7 Å². The fourth-order valence-electron chi connectivity index (χ4n) is 2.07. The lowest BCUT2D eigenvalue weighted by atomic mass is 10.1. The Morgan fingerprint density at radius 1 is 1.33 bits per heavy atom. The van der Waals surface area contributed by atoms with Gasteiger partial charge in [0.25, 0.3) is 0 Å². The van der Waals surface area contributed by atoms with Crippen LogP contribution in [0.5, 0.6) is 0 Å². The standard InChI is InChI=1S/C16H25ClN2O2/c1-11(2)9-19(12(3)4)16(21)8-18-15-7-13(10-20)5-6-14(15)17/h5-7,11-12,18,20H,8-10H2,1-4H3. The van der Waals surface area contributed by atoms with E-state index in [2.05, 4.69) is 19.2 Å². The van der Waals surface area contributed by atoms with Crippen LogP contribution in [0.4, 0.5) is 5.69 Å². The third-order valence-electron chi connectivity index (χ3n) is 3.15. The third-order valence-corrected chi connectivity index (χ3v) is 3.48. The molecule has 0 heterocycles. The molecular formula is C16H25ClN2O2. The number of rotatable bonds is 7. The SMILES string of the molecule is CC(C)CN(C(=O)CNc1cc(CO)ccc1Cl)C(C)C. The van der Waals surface area contributed by atoms with Crippen molar-refractivity contribution < 1.29 is 9.90 Å². The summed E-state index contributed by atoms with van der Waals surface area (Å²) >= 11 is 6.09. The Morgan fingerprint density at radius 2 is 2.00 bits per heavy atom. The molecule has 0 bridgehead atoms. The van der Waals surface area contributed by atoms with E-state index in [1.54, 1.807) is 18.2 Å². The van der Waals surface area contributed by atoms with Crippen LogP contribution in [-0.2, 0) is 11.4 Å². The molecule has 0 aliphatic rings. The molecule has 0 aliphatic heterocycles. The number of aliphatic hydroxyl groups excluding tert-OH is 1. The fraction of sp³-hybridized carbons (Fsp3) is 0.562. The summed E-state index contributed by atoms with van der Waals surface area (Å²) < 4.78 is 0. The Kier molecular flexibility index (Phi) is 6.99. The Balaban J connectivity index is 2.70. The van der Waals surface area contributed by atoms with Gasteiger partial charge in [-0.05, 0) is 37.5 Å². The van der Waals surface area contributed by atoms with E-state index in [0.29, 0.717) is 16.6 Å². The smallest absolute Gasteiger partial charge is 0.242 e. The molecule has 0 spiro atoms. The number of aliphatic hydroxyl groups is 1. The van der Waals surface area contributed by atoms with Crippen LogP contribution >= 0.6 is 11.6 Å². The summed E-state index contributed by atoms with van der Waals surface area (Å²) in [6, 6.07) is 5.40. The number of carbonyl (C=O) groups excluding carboxylic acids is 1. The zero-order valence-electron chi connectivity index (χ0n) is 13.2. The lowest BCUT2D eigenvalue weighted by Crippen LogP contribution is -2.42. The van der Waals surface area contributed by atoms with Gasteiger partial charge in [0.05, 0.1) is 23.9 Å². The number of nitrogens with zero attached hydrogens (tertiary/aromatic N) is 1. The van der Waals surface area contributed by atoms with Gasteiger partial charge in [0.1, 0.15) is 0 Å². The molecule has 0 unspecified atom stereocenters. The summed E-state index contributed by atoms with van der Waals surface area (Å²) in [5.74, 6) is 0.474. The van der Waals surface area contributed by atoms with Crippen molar-refractivity contribution in [2.75, 3.05) is 18.4 Å². The minimum absolute atomic E-state index is 0.0455. The van der Waals surface area contributed by atoms with Crippen LogP contribution in [0.1, 0.15) is 33.3 Å². The van der Waals surface area contributed by atoms with Gasteiger partial charge >= 0.3 is 0 Å². The molecule has 0 saturated carbocycles. The fourth-order valence-corrected chi connectivity index (χ4v) is 2.26. The van der Waals surface area contributed by atoms with E-state index < -0.39 is 0 Å². The highest BCUT2D eigenvalue weighted by Gasteiger charge is 2.18. The monoisotopic (exact) mass is 312 g/mol. The summed E-state index contributed by atoms with van der Waals surface area (Å²) in [6.45, 7) is 9.10. The summed E-state index contributed by atoms with van der Waals surface area (Å²) in [5, 5.41) is 12.7. The maximum absolute atomic E-state index is 12.3. The third kappa shape index (κ3) is 5.56. The van der Waals surface area contributed by atoms with Gasteiger partial charge in [0.15, 0.2) is 0 Å². The zero-order valence-corrected chi connectivity index (χ0v) is 13.9. The van der Waals surface area contributed by atoms with E-state index >= 15 is 0 Å². The molecule has 5 heteroatoms. The zero-order chi connectivity index (χ0) is 16.0. The van der Waals surface area contributed by atoms with E-state index in [-0.39, 0.29) is 25.1 Å². The first-order chi connectivity index (χ1) is 9.85. The predicted octanol–water partition coefficient (Wildman–Crippen LogP) is 3.14. The lowest BCUT2D eigenvalue weighted by Gasteiger charge is -2.29. The van der Waals surface area contributed by atoms with Crippen LogP contribution in [0.15, 0.2) is 18.2 Å². The van der Waals surface area contributed by atoms with Gasteiger partial charge in [-0.15, -0.1) is 0 Å². The number of carbonyl (C=O) groups is 1. The maximum atomic E-state index is 12.3. The topological polar surface area (TPSA) is 52.6 Å². The van der Waals surface area contributed by atoms with Crippen LogP contribution < -0.4 is 5.32 Å². The van der Waals surface area contributed by atoms with Crippen molar-refractivity contribution in [3.8, 4) is 0 Å². The molecule has 0 saturated heterocycles. The van der Waals surface area contributed by atoms with Crippen LogP contribution in [0.3, 0.4) is 0 Å². The summed E-state index contributed by atoms with van der Waals surface area (Å²) in [6.07, 6.45) is 0. The molecule has 2 N–H and O–H groups in total. The minimum atomic E-state index is -0.0503. The van der Waals surface area contributed by atoms with Gasteiger partial charge in [-0.1, -0.05) is 31.5 Å². The number of anilines is 1. The van der Waals surface area contributed by atoms with Crippen LogP contribution in [-0.4, -0.2) is 35.0 Å². The van der Waals surface area contributed by atoms with Crippen molar-refractivity contribution in [3.63, 3.8) is 0 Å². The number of halogens is 1. The molecular weight excluding hydrogens is 288 g/mol. The number of amides is 1. The molecule has 1 rings (SSSR count). The molecule has 1 amide bonds. The number of hydrogen-bond acceptors (Lipinski definition) is 3. The molecule has 0 aliphatic carbocycles. The number of hydrogen-bond donors (Lipinski definition) is 2. The van der Waals surface area contributed by atoms with Crippen molar-refractivity contribution in [2.45, 2.75) is 40.3 Å². The molecule has 21 heavy (non-hydrogen) atoms. The highest BCUT2D eigenvalue weighted by Crippen LogP contribution is 2.23. The van der Waals surface area contributed by atoms with Gasteiger partial charge in [0.2, 0.25) is 5.91 Å². The van der Waals surface area contributed by atoms with Gasteiger partial charge in [-0.2, -0.15) is 0 Å². The first-order valence-corrected chi connectivity index (χ1v) is 7.65. The molecule has 0 radical (unpaired) electrons. The van der Waals surface area contributed by atoms with Crippen LogP contribution in [0.2, 0.25) is 5.02 Å². The molecule has 118 valence electrons. The average Bonchev–Trinajstić information content (AvgIpc) is 2.43. The van der Waals surface area contributed by atoms with Crippen LogP contribution in [0.25, 0.3) is 0 Å². The highest BCUT2D eigenvalue weighted by molar-refractivity contribution is 6.33. The normalized spacial score (nSPS) is 11.0. The second-order valence-corrected chi connectivity index (χ2v) is 6.27. The Hall–Kier alpha value is -1.26. The van der Waals surface area contributed by atoms with E-state index in [0.717, 1.165) is 12.1 Å². The average molecular weight is 313 g/mol. The van der Waals surface area contributed by atoms with Gasteiger partial charge in [-0.3, -0.25) is 4.79 Å². The quantitative estimate of drug-likeness (QED) is 0.813. The molecule has 0 aromatic heterocycles.